The number of hydrogen-bond acceptors (Lipinski definition) is 3. The quantitative estimate of drug-likeness (QED) is 0.819. The van der Waals surface area contributed by atoms with E-state index in [1.54, 1.807) is 0 Å². The molecular formula is C14H27N3O. The van der Waals surface area contributed by atoms with Gasteiger partial charge in [-0.2, -0.15) is 0 Å². The molecule has 2 heterocycles. The minimum atomic E-state index is 0.263. The molecule has 0 aromatic carbocycles. The molecule has 2 fully saturated rings. The zero-order valence-electron chi connectivity index (χ0n) is 12.0. The Hall–Kier alpha value is -0.610. The van der Waals surface area contributed by atoms with Crippen LogP contribution in [0.25, 0.3) is 0 Å². The number of nitrogens with one attached hydrogen (secondary N) is 1. The SMILES string of the molecule is CCN1CCCC(N2C(=O)CNC2CC(C)C)C1. The molecule has 104 valence electrons. The topological polar surface area (TPSA) is 35.6 Å². The van der Waals surface area contributed by atoms with Crippen molar-refractivity contribution >= 4 is 5.91 Å². The smallest absolute Gasteiger partial charge is 0.238 e. The second-order valence-electron chi connectivity index (χ2n) is 6.02. The van der Waals surface area contributed by atoms with Gasteiger partial charge >= 0.3 is 0 Å². The van der Waals surface area contributed by atoms with Gasteiger partial charge in [-0.3, -0.25) is 10.1 Å². The van der Waals surface area contributed by atoms with E-state index in [1.165, 1.54) is 19.4 Å². The maximum absolute atomic E-state index is 12.1. The summed E-state index contributed by atoms with van der Waals surface area (Å²) < 4.78 is 0. The van der Waals surface area contributed by atoms with Crippen molar-refractivity contribution in [3.63, 3.8) is 0 Å². The van der Waals surface area contributed by atoms with E-state index in [2.05, 4.69) is 35.9 Å². The number of nitrogens with zero attached hydrogens (tertiary/aromatic N) is 2. The van der Waals surface area contributed by atoms with Crippen molar-refractivity contribution in [2.45, 2.75) is 52.2 Å². The standard InChI is InChI=1S/C14H27N3O/c1-4-16-7-5-6-12(10-16)17-13(8-11(2)3)15-9-14(17)18/h11-13,15H,4-10H2,1-3H3. The number of likely N-dealkylation sites (N-methyl/N-ethyl adjacent to an activating group) is 1. The second kappa shape index (κ2) is 6.02. The van der Waals surface area contributed by atoms with Crippen LogP contribution in [0.15, 0.2) is 0 Å². The molecule has 2 aliphatic rings. The normalized spacial score (nSPS) is 30.4. The number of amides is 1. The number of carbonyl (C=O) groups is 1. The van der Waals surface area contributed by atoms with Gasteiger partial charge in [0.05, 0.1) is 12.7 Å². The summed E-state index contributed by atoms with van der Waals surface area (Å²) in [7, 11) is 0. The number of likely N-dealkylation sites (tertiary alicyclic amines) is 1. The fourth-order valence-electron chi connectivity index (χ4n) is 3.22. The van der Waals surface area contributed by atoms with E-state index < -0.39 is 0 Å². The summed E-state index contributed by atoms with van der Waals surface area (Å²) in [6, 6.07) is 0.421. The third kappa shape index (κ3) is 3.04. The minimum Gasteiger partial charge on any atom is -0.322 e. The van der Waals surface area contributed by atoms with Crippen molar-refractivity contribution < 1.29 is 4.79 Å². The molecule has 0 bridgehead atoms. The summed E-state index contributed by atoms with van der Waals surface area (Å²) in [5.74, 6) is 0.922. The molecule has 18 heavy (non-hydrogen) atoms. The summed E-state index contributed by atoms with van der Waals surface area (Å²) in [5, 5.41) is 3.38. The molecule has 2 saturated heterocycles. The number of rotatable bonds is 4. The Morgan fingerprint density at radius 2 is 2.22 bits per heavy atom. The molecule has 0 aromatic heterocycles. The molecule has 0 aromatic rings. The Balaban J connectivity index is 2.01. The van der Waals surface area contributed by atoms with Crippen LogP contribution >= 0.6 is 0 Å². The summed E-state index contributed by atoms with van der Waals surface area (Å²) in [5.41, 5.74) is 0. The van der Waals surface area contributed by atoms with E-state index in [4.69, 9.17) is 0 Å². The van der Waals surface area contributed by atoms with Crippen molar-refractivity contribution in [3.8, 4) is 0 Å². The third-order valence-electron chi connectivity index (χ3n) is 4.13. The van der Waals surface area contributed by atoms with E-state index in [1.807, 2.05) is 0 Å². The van der Waals surface area contributed by atoms with Crippen LogP contribution in [0.4, 0.5) is 0 Å². The molecule has 2 aliphatic heterocycles. The Kier molecular flexibility index (Phi) is 4.62. The number of piperidine rings is 1. The molecule has 2 unspecified atom stereocenters. The lowest BCUT2D eigenvalue weighted by molar-refractivity contribution is -0.131. The highest BCUT2D eigenvalue weighted by atomic mass is 16.2. The molecule has 2 atom stereocenters. The van der Waals surface area contributed by atoms with Gasteiger partial charge in [-0.1, -0.05) is 20.8 Å². The van der Waals surface area contributed by atoms with Gasteiger partial charge in [-0.15, -0.1) is 0 Å². The highest BCUT2D eigenvalue weighted by Crippen LogP contribution is 2.23. The zero-order valence-corrected chi connectivity index (χ0v) is 12.0. The first-order valence-electron chi connectivity index (χ1n) is 7.38. The Morgan fingerprint density at radius 1 is 1.44 bits per heavy atom. The average molecular weight is 253 g/mol. The first kappa shape index (κ1) is 13.8. The third-order valence-corrected chi connectivity index (χ3v) is 4.13. The van der Waals surface area contributed by atoms with E-state index >= 15 is 0 Å². The molecule has 0 spiro atoms. The fraction of sp³-hybridized carbons (Fsp3) is 0.929. The molecule has 0 aliphatic carbocycles. The van der Waals surface area contributed by atoms with Crippen LogP contribution in [0.2, 0.25) is 0 Å². The summed E-state index contributed by atoms with van der Waals surface area (Å²) >= 11 is 0. The van der Waals surface area contributed by atoms with E-state index in [0.717, 1.165) is 19.5 Å². The highest BCUT2D eigenvalue weighted by molar-refractivity contribution is 5.81. The summed E-state index contributed by atoms with van der Waals surface area (Å²) in [4.78, 5) is 16.7. The number of hydrogen-bond donors (Lipinski definition) is 1. The second-order valence-corrected chi connectivity index (χ2v) is 6.02. The van der Waals surface area contributed by atoms with Crippen LogP contribution in [0.1, 0.15) is 40.0 Å². The fourth-order valence-corrected chi connectivity index (χ4v) is 3.22. The lowest BCUT2D eigenvalue weighted by Gasteiger charge is -2.40. The lowest BCUT2D eigenvalue weighted by Crippen LogP contribution is -2.52. The van der Waals surface area contributed by atoms with E-state index in [-0.39, 0.29) is 6.17 Å². The lowest BCUT2D eigenvalue weighted by atomic mass is 10.0. The van der Waals surface area contributed by atoms with Crippen LogP contribution in [-0.2, 0) is 4.79 Å². The van der Waals surface area contributed by atoms with Gasteiger partial charge in [0.2, 0.25) is 5.91 Å². The highest BCUT2D eigenvalue weighted by Gasteiger charge is 2.37. The maximum Gasteiger partial charge on any atom is 0.238 e. The predicted octanol–water partition coefficient (Wildman–Crippen LogP) is 1.27. The van der Waals surface area contributed by atoms with Gasteiger partial charge in [0.1, 0.15) is 0 Å². The molecule has 2 rings (SSSR count). The predicted molar refractivity (Wildman–Crippen MR) is 73.2 cm³/mol. The Labute approximate surface area is 111 Å². The van der Waals surface area contributed by atoms with Crippen molar-refractivity contribution in [3.05, 3.63) is 0 Å². The van der Waals surface area contributed by atoms with E-state index in [9.17, 15) is 4.79 Å². The van der Waals surface area contributed by atoms with Crippen LogP contribution in [0.5, 0.6) is 0 Å². The van der Waals surface area contributed by atoms with Crippen LogP contribution in [-0.4, -0.2) is 54.1 Å². The first-order valence-corrected chi connectivity index (χ1v) is 7.38. The average Bonchev–Trinajstić information content (AvgIpc) is 2.70. The van der Waals surface area contributed by atoms with Crippen LogP contribution < -0.4 is 5.32 Å². The molecule has 4 heteroatoms. The van der Waals surface area contributed by atoms with Crippen molar-refractivity contribution in [1.29, 1.82) is 0 Å². The molecule has 0 saturated carbocycles. The maximum atomic E-state index is 12.1. The van der Waals surface area contributed by atoms with Crippen LogP contribution in [0.3, 0.4) is 0 Å². The van der Waals surface area contributed by atoms with Gasteiger partial charge in [0, 0.05) is 12.6 Å². The van der Waals surface area contributed by atoms with Crippen molar-refractivity contribution in [2.75, 3.05) is 26.2 Å². The van der Waals surface area contributed by atoms with Crippen molar-refractivity contribution in [2.24, 2.45) is 5.92 Å². The summed E-state index contributed by atoms with van der Waals surface area (Å²) in [6.45, 7) is 10.5. The Bertz CT molecular complexity index is 293. The molecule has 1 N–H and O–H groups in total. The van der Waals surface area contributed by atoms with Gasteiger partial charge in [-0.25, -0.2) is 0 Å². The van der Waals surface area contributed by atoms with E-state index in [0.29, 0.717) is 24.4 Å². The summed E-state index contributed by atoms with van der Waals surface area (Å²) in [6.07, 6.45) is 3.71. The van der Waals surface area contributed by atoms with Gasteiger partial charge < -0.3 is 9.80 Å². The van der Waals surface area contributed by atoms with Gasteiger partial charge in [-0.05, 0) is 38.3 Å². The molecule has 4 nitrogen and oxygen atoms in total. The van der Waals surface area contributed by atoms with Crippen LogP contribution in [0, 0.1) is 5.92 Å². The number of carbonyl (C=O) groups excluding carboxylic acids is 1. The first-order chi connectivity index (χ1) is 8.61. The molecular weight excluding hydrogens is 226 g/mol. The zero-order chi connectivity index (χ0) is 13.1. The monoisotopic (exact) mass is 253 g/mol. The largest absolute Gasteiger partial charge is 0.322 e. The molecule has 1 amide bonds. The molecule has 0 radical (unpaired) electrons. The minimum absolute atomic E-state index is 0.263. The van der Waals surface area contributed by atoms with Gasteiger partial charge in [0.25, 0.3) is 0 Å². The van der Waals surface area contributed by atoms with Gasteiger partial charge in [0.15, 0.2) is 0 Å². The Morgan fingerprint density at radius 3 is 2.89 bits per heavy atom. The van der Waals surface area contributed by atoms with Crippen molar-refractivity contribution in [1.82, 2.24) is 15.1 Å².